The highest BCUT2D eigenvalue weighted by molar-refractivity contribution is 5.75. The van der Waals surface area contributed by atoms with Gasteiger partial charge in [0.05, 0.1) is 0 Å². The molecule has 2 heterocycles. The number of carbonyl (C=O) groups is 1. The molecule has 1 unspecified atom stereocenters. The SMILES string of the molecule is CCC(=O)NC1CCCN(c2ccc(C)c(C#N)n2)C1. The van der Waals surface area contributed by atoms with Gasteiger partial charge >= 0.3 is 0 Å². The number of hydrogen-bond acceptors (Lipinski definition) is 4. The Morgan fingerprint density at radius 3 is 3.10 bits per heavy atom. The van der Waals surface area contributed by atoms with Crippen molar-refractivity contribution in [1.29, 1.82) is 5.26 Å². The number of pyridine rings is 1. The number of aromatic nitrogens is 1. The lowest BCUT2D eigenvalue weighted by Crippen LogP contribution is -2.48. The van der Waals surface area contributed by atoms with Gasteiger partial charge in [-0.3, -0.25) is 4.79 Å². The number of piperidine rings is 1. The lowest BCUT2D eigenvalue weighted by atomic mass is 10.1. The van der Waals surface area contributed by atoms with Gasteiger partial charge in [-0.25, -0.2) is 4.98 Å². The smallest absolute Gasteiger partial charge is 0.219 e. The molecule has 0 bridgehead atoms. The molecule has 1 saturated heterocycles. The van der Waals surface area contributed by atoms with Crippen LogP contribution in [0.1, 0.15) is 37.4 Å². The fourth-order valence-corrected chi connectivity index (χ4v) is 2.44. The molecule has 1 aromatic rings. The Labute approximate surface area is 119 Å². The van der Waals surface area contributed by atoms with Gasteiger partial charge in [0.25, 0.3) is 0 Å². The first-order chi connectivity index (χ1) is 9.63. The highest BCUT2D eigenvalue weighted by Crippen LogP contribution is 2.19. The molecule has 1 aromatic heterocycles. The second kappa shape index (κ2) is 6.38. The fourth-order valence-electron chi connectivity index (χ4n) is 2.44. The zero-order chi connectivity index (χ0) is 14.5. The summed E-state index contributed by atoms with van der Waals surface area (Å²) in [6.45, 7) is 5.42. The number of nitrogens with zero attached hydrogens (tertiary/aromatic N) is 3. The summed E-state index contributed by atoms with van der Waals surface area (Å²) in [6.07, 6.45) is 2.53. The van der Waals surface area contributed by atoms with Crippen molar-refractivity contribution in [1.82, 2.24) is 10.3 Å². The number of carbonyl (C=O) groups excluding carboxylic acids is 1. The van der Waals surface area contributed by atoms with Crippen molar-refractivity contribution < 1.29 is 4.79 Å². The van der Waals surface area contributed by atoms with Gasteiger partial charge in [0.15, 0.2) is 0 Å². The Bertz CT molecular complexity index is 535. The van der Waals surface area contributed by atoms with E-state index in [-0.39, 0.29) is 11.9 Å². The van der Waals surface area contributed by atoms with Gasteiger partial charge in [-0.1, -0.05) is 13.0 Å². The summed E-state index contributed by atoms with van der Waals surface area (Å²) in [6, 6.07) is 6.16. The van der Waals surface area contributed by atoms with Crippen molar-refractivity contribution in [2.24, 2.45) is 0 Å². The van der Waals surface area contributed by atoms with Crippen molar-refractivity contribution >= 4 is 11.7 Å². The van der Waals surface area contributed by atoms with E-state index in [1.165, 1.54) is 0 Å². The standard InChI is InChI=1S/C15H20N4O/c1-3-15(20)17-12-5-4-8-19(10-12)14-7-6-11(2)13(9-16)18-14/h6-7,12H,3-5,8,10H2,1-2H3,(H,17,20). The van der Waals surface area contributed by atoms with E-state index < -0.39 is 0 Å². The molecule has 1 N–H and O–H groups in total. The number of nitriles is 1. The van der Waals surface area contributed by atoms with Gasteiger partial charge in [0.2, 0.25) is 5.91 Å². The summed E-state index contributed by atoms with van der Waals surface area (Å²) in [7, 11) is 0. The number of rotatable bonds is 3. The topological polar surface area (TPSA) is 69.0 Å². The molecule has 1 atom stereocenters. The summed E-state index contributed by atoms with van der Waals surface area (Å²) in [5, 5.41) is 12.1. The molecule has 20 heavy (non-hydrogen) atoms. The Morgan fingerprint density at radius 1 is 1.60 bits per heavy atom. The van der Waals surface area contributed by atoms with Gasteiger partial charge in [-0.2, -0.15) is 5.26 Å². The third-order valence-corrected chi connectivity index (χ3v) is 3.62. The minimum Gasteiger partial charge on any atom is -0.355 e. The first-order valence-electron chi connectivity index (χ1n) is 7.06. The maximum Gasteiger partial charge on any atom is 0.219 e. The molecule has 1 aliphatic heterocycles. The first kappa shape index (κ1) is 14.3. The van der Waals surface area contributed by atoms with Crippen LogP contribution in [0.2, 0.25) is 0 Å². The summed E-state index contributed by atoms with van der Waals surface area (Å²) in [5.74, 6) is 0.911. The van der Waals surface area contributed by atoms with Gasteiger partial charge in [0.1, 0.15) is 17.6 Å². The number of aryl methyl sites for hydroxylation is 1. The average molecular weight is 272 g/mol. The molecule has 0 spiro atoms. The molecule has 0 saturated carbocycles. The molecule has 0 radical (unpaired) electrons. The van der Waals surface area contributed by atoms with E-state index in [0.29, 0.717) is 12.1 Å². The minimum absolute atomic E-state index is 0.0893. The molecule has 1 fully saturated rings. The lowest BCUT2D eigenvalue weighted by molar-refractivity contribution is -0.121. The van der Waals surface area contributed by atoms with Crippen molar-refractivity contribution in [3.8, 4) is 6.07 Å². The van der Waals surface area contributed by atoms with Crippen LogP contribution < -0.4 is 10.2 Å². The van der Waals surface area contributed by atoms with E-state index in [1.54, 1.807) is 0 Å². The third kappa shape index (κ3) is 3.27. The molecule has 5 heteroatoms. The van der Waals surface area contributed by atoms with Crippen LogP contribution in [0.15, 0.2) is 12.1 Å². The Morgan fingerprint density at radius 2 is 2.40 bits per heavy atom. The van der Waals surface area contributed by atoms with Crippen LogP contribution >= 0.6 is 0 Å². The molecular weight excluding hydrogens is 252 g/mol. The fraction of sp³-hybridized carbons (Fsp3) is 0.533. The van der Waals surface area contributed by atoms with Crippen molar-refractivity contribution in [2.45, 2.75) is 39.2 Å². The second-order valence-corrected chi connectivity index (χ2v) is 5.15. The van der Waals surface area contributed by atoms with E-state index in [9.17, 15) is 4.79 Å². The molecular formula is C15H20N4O. The summed E-state index contributed by atoms with van der Waals surface area (Å²) in [5.41, 5.74) is 1.37. The normalized spacial score (nSPS) is 18.4. The molecule has 106 valence electrons. The monoisotopic (exact) mass is 272 g/mol. The van der Waals surface area contributed by atoms with Crippen LogP contribution in [-0.4, -0.2) is 30.0 Å². The van der Waals surface area contributed by atoms with Crippen LogP contribution in [0.4, 0.5) is 5.82 Å². The highest BCUT2D eigenvalue weighted by Gasteiger charge is 2.22. The minimum atomic E-state index is 0.0893. The molecule has 2 rings (SSSR count). The van der Waals surface area contributed by atoms with E-state index in [4.69, 9.17) is 5.26 Å². The van der Waals surface area contributed by atoms with Gasteiger partial charge in [0, 0.05) is 25.6 Å². The second-order valence-electron chi connectivity index (χ2n) is 5.15. The summed E-state index contributed by atoms with van der Waals surface area (Å²) in [4.78, 5) is 18.0. The van der Waals surface area contributed by atoms with E-state index in [2.05, 4.69) is 21.3 Å². The quantitative estimate of drug-likeness (QED) is 0.910. The van der Waals surface area contributed by atoms with E-state index in [1.807, 2.05) is 26.0 Å². The largest absolute Gasteiger partial charge is 0.355 e. The third-order valence-electron chi connectivity index (χ3n) is 3.62. The Kier molecular flexibility index (Phi) is 4.57. The molecule has 5 nitrogen and oxygen atoms in total. The lowest BCUT2D eigenvalue weighted by Gasteiger charge is -2.34. The molecule has 0 aromatic carbocycles. The van der Waals surface area contributed by atoms with Crippen LogP contribution in [0.5, 0.6) is 0 Å². The highest BCUT2D eigenvalue weighted by atomic mass is 16.1. The van der Waals surface area contributed by atoms with E-state index in [0.717, 1.165) is 37.3 Å². The number of amides is 1. The van der Waals surface area contributed by atoms with Gasteiger partial charge < -0.3 is 10.2 Å². The predicted octanol–water partition coefficient (Wildman–Crippen LogP) is 1.76. The molecule has 1 amide bonds. The van der Waals surface area contributed by atoms with Gasteiger partial charge in [-0.15, -0.1) is 0 Å². The van der Waals surface area contributed by atoms with Crippen LogP contribution in [-0.2, 0) is 4.79 Å². The summed E-state index contributed by atoms with van der Waals surface area (Å²) < 4.78 is 0. The van der Waals surface area contributed by atoms with Crippen LogP contribution in [0.25, 0.3) is 0 Å². The number of nitrogens with one attached hydrogen (secondary N) is 1. The maximum absolute atomic E-state index is 11.5. The van der Waals surface area contributed by atoms with Crippen molar-refractivity contribution in [3.63, 3.8) is 0 Å². The van der Waals surface area contributed by atoms with Crippen LogP contribution in [0.3, 0.4) is 0 Å². The molecule has 0 aliphatic carbocycles. The van der Waals surface area contributed by atoms with Crippen molar-refractivity contribution in [2.75, 3.05) is 18.0 Å². The first-order valence-corrected chi connectivity index (χ1v) is 7.06. The predicted molar refractivity (Wildman–Crippen MR) is 77.4 cm³/mol. The maximum atomic E-state index is 11.5. The van der Waals surface area contributed by atoms with Crippen LogP contribution in [0, 0.1) is 18.3 Å². The molecule has 1 aliphatic rings. The zero-order valence-corrected chi connectivity index (χ0v) is 12.0. The average Bonchev–Trinajstić information content (AvgIpc) is 2.48. The zero-order valence-electron chi connectivity index (χ0n) is 12.0. The number of anilines is 1. The summed E-state index contributed by atoms with van der Waals surface area (Å²) >= 11 is 0. The Hall–Kier alpha value is -2.09. The van der Waals surface area contributed by atoms with Gasteiger partial charge in [-0.05, 0) is 31.4 Å². The van der Waals surface area contributed by atoms with Crippen molar-refractivity contribution in [3.05, 3.63) is 23.4 Å². The number of hydrogen-bond donors (Lipinski definition) is 1. The van der Waals surface area contributed by atoms with E-state index >= 15 is 0 Å². The Balaban J connectivity index is 2.09.